The maximum absolute atomic E-state index is 13.1. The smallest absolute Gasteiger partial charge is 0.325 e. The number of rotatable bonds is 9. The Morgan fingerprint density at radius 1 is 0.879 bits per heavy atom. The lowest BCUT2D eigenvalue weighted by Crippen LogP contribution is -2.50. The number of nitrogens with one attached hydrogen (secondary N) is 1. The maximum Gasteiger partial charge on any atom is 0.325 e. The largest absolute Gasteiger partial charge is 0.493 e. The molecule has 1 N–H and O–H groups in total. The SMILES string of the molecule is COc1ccc(C(=O)NCC(=O)OCC(=O)N(C2CCCCC2)C2CCCCC2)cc1OC. The molecule has 2 aliphatic rings. The van der Waals surface area contributed by atoms with Crippen molar-refractivity contribution < 1.29 is 28.6 Å². The average Bonchev–Trinajstić information content (AvgIpc) is 2.87. The van der Waals surface area contributed by atoms with Gasteiger partial charge in [0.25, 0.3) is 11.8 Å². The molecule has 33 heavy (non-hydrogen) atoms. The molecule has 2 aliphatic carbocycles. The summed E-state index contributed by atoms with van der Waals surface area (Å²) in [5, 5.41) is 2.53. The van der Waals surface area contributed by atoms with Gasteiger partial charge >= 0.3 is 5.97 Å². The van der Waals surface area contributed by atoms with Gasteiger partial charge in [-0.05, 0) is 43.9 Å². The Morgan fingerprint density at radius 2 is 1.45 bits per heavy atom. The molecule has 0 spiro atoms. The molecule has 0 aliphatic heterocycles. The topological polar surface area (TPSA) is 94.2 Å². The minimum atomic E-state index is -0.635. The molecule has 3 rings (SSSR count). The fourth-order valence-corrected chi connectivity index (χ4v) is 4.92. The summed E-state index contributed by atoms with van der Waals surface area (Å²) in [6.07, 6.45) is 11.1. The van der Waals surface area contributed by atoms with E-state index in [-0.39, 0.29) is 31.1 Å². The Kier molecular flexibility index (Phi) is 9.39. The summed E-state index contributed by atoms with van der Waals surface area (Å²) in [5.41, 5.74) is 0.331. The summed E-state index contributed by atoms with van der Waals surface area (Å²) in [6.45, 7) is -0.592. The molecule has 0 atom stereocenters. The minimum Gasteiger partial charge on any atom is -0.493 e. The maximum atomic E-state index is 13.1. The Labute approximate surface area is 195 Å². The third-order valence-electron chi connectivity index (χ3n) is 6.62. The standard InChI is InChI=1S/C25H36N2O6/c1-31-21-14-13-18(15-22(21)32-2)25(30)26-16-24(29)33-17-23(28)27(19-9-5-3-6-10-19)20-11-7-4-8-12-20/h13-15,19-20H,3-12,16-17H2,1-2H3,(H,26,30). The zero-order valence-corrected chi connectivity index (χ0v) is 19.8. The van der Waals surface area contributed by atoms with Gasteiger partial charge in [-0.15, -0.1) is 0 Å². The lowest BCUT2D eigenvalue weighted by Gasteiger charge is -2.41. The molecule has 182 valence electrons. The molecule has 0 radical (unpaired) electrons. The second kappa shape index (κ2) is 12.5. The van der Waals surface area contributed by atoms with Crippen molar-refractivity contribution in [1.82, 2.24) is 10.2 Å². The zero-order valence-electron chi connectivity index (χ0n) is 19.8. The molecule has 1 aromatic rings. The van der Waals surface area contributed by atoms with Crippen LogP contribution in [0.1, 0.15) is 74.6 Å². The van der Waals surface area contributed by atoms with Crippen molar-refractivity contribution in [3.63, 3.8) is 0 Å². The number of benzene rings is 1. The van der Waals surface area contributed by atoms with Crippen LogP contribution in [0.3, 0.4) is 0 Å². The summed E-state index contributed by atoms with van der Waals surface area (Å²) in [4.78, 5) is 39.7. The van der Waals surface area contributed by atoms with Crippen LogP contribution >= 0.6 is 0 Å². The fourth-order valence-electron chi connectivity index (χ4n) is 4.92. The van der Waals surface area contributed by atoms with Crippen molar-refractivity contribution in [2.45, 2.75) is 76.3 Å². The van der Waals surface area contributed by atoms with Crippen LogP contribution < -0.4 is 14.8 Å². The van der Waals surface area contributed by atoms with E-state index < -0.39 is 11.9 Å². The summed E-state index contributed by atoms with van der Waals surface area (Å²) in [6, 6.07) is 5.23. The van der Waals surface area contributed by atoms with Crippen LogP contribution in [0.15, 0.2) is 18.2 Å². The van der Waals surface area contributed by atoms with E-state index in [4.69, 9.17) is 14.2 Å². The van der Waals surface area contributed by atoms with E-state index in [1.807, 2.05) is 4.90 Å². The molecule has 8 heteroatoms. The van der Waals surface area contributed by atoms with Gasteiger partial charge in [0.2, 0.25) is 0 Å². The van der Waals surface area contributed by atoms with Crippen LogP contribution in [0.2, 0.25) is 0 Å². The highest BCUT2D eigenvalue weighted by molar-refractivity contribution is 5.96. The van der Waals surface area contributed by atoms with Gasteiger partial charge in [0.05, 0.1) is 14.2 Å². The third-order valence-corrected chi connectivity index (χ3v) is 6.62. The predicted octanol–water partition coefficient (Wildman–Crippen LogP) is 3.47. The molecule has 0 heterocycles. The number of nitrogens with zero attached hydrogens (tertiary/aromatic N) is 1. The van der Waals surface area contributed by atoms with E-state index in [1.54, 1.807) is 12.1 Å². The highest BCUT2D eigenvalue weighted by atomic mass is 16.5. The number of hydrogen-bond donors (Lipinski definition) is 1. The van der Waals surface area contributed by atoms with E-state index in [9.17, 15) is 14.4 Å². The van der Waals surface area contributed by atoms with Crippen molar-refractivity contribution >= 4 is 17.8 Å². The van der Waals surface area contributed by atoms with Gasteiger partial charge in [-0.25, -0.2) is 0 Å². The predicted molar refractivity (Wildman–Crippen MR) is 123 cm³/mol. The lowest BCUT2D eigenvalue weighted by molar-refractivity contribution is -0.154. The van der Waals surface area contributed by atoms with Gasteiger partial charge < -0.3 is 24.4 Å². The first-order valence-electron chi connectivity index (χ1n) is 12.0. The monoisotopic (exact) mass is 460 g/mol. The van der Waals surface area contributed by atoms with Gasteiger partial charge in [0.1, 0.15) is 6.54 Å². The van der Waals surface area contributed by atoms with Crippen LogP contribution in [-0.2, 0) is 14.3 Å². The Morgan fingerprint density at radius 3 is 2.00 bits per heavy atom. The Bertz CT molecular complexity index is 797. The van der Waals surface area contributed by atoms with Crippen molar-refractivity contribution in [2.75, 3.05) is 27.4 Å². The lowest BCUT2D eigenvalue weighted by atomic mass is 9.88. The van der Waals surface area contributed by atoms with Gasteiger partial charge in [-0.3, -0.25) is 14.4 Å². The summed E-state index contributed by atoms with van der Waals surface area (Å²) < 4.78 is 15.6. The van der Waals surface area contributed by atoms with E-state index >= 15 is 0 Å². The fraction of sp³-hybridized carbons (Fsp3) is 0.640. The molecule has 0 aromatic heterocycles. The molecule has 2 amide bonds. The van der Waals surface area contributed by atoms with E-state index in [2.05, 4.69) is 5.32 Å². The summed E-state index contributed by atoms with van der Waals surface area (Å²) in [5.74, 6) is -0.264. The molecule has 2 saturated carbocycles. The third kappa shape index (κ3) is 6.85. The number of esters is 1. The molecule has 2 fully saturated rings. The van der Waals surface area contributed by atoms with Crippen LogP contribution in [0.25, 0.3) is 0 Å². The molecule has 0 unspecified atom stereocenters. The number of methoxy groups -OCH3 is 2. The number of carbonyl (C=O) groups excluding carboxylic acids is 3. The van der Waals surface area contributed by atoms with Crippen LogP contribution in [0.5, 0.6) is 11.5 Å². The summed E-state index contributed by atoms with van der Waals surface area (Å²) >= 11 is 0. The molecule has 1 aromatic carbocycles. The first-order chi connectivity index (χ1) is 16.0. The van der Waals surface area contributed by atoms with Crippen LogP contribution in [0.4, 0.5) is 0 Å². The van der Waals surface area contributed by atoms with Crippen molar-refractivity contribution in [3.8, 4) is 11.5 Å². The summed E-state index contributed by atoms with van der Waals surface area (Å²) in [7, 11) is 3.00. The quantitative estimate of drug-likeness (QED) is 0.567. The average molecular weight is 461 g/mol. The molecular formula is C25H36N2O6. The normalized spacial score (nSPS) is 17.2. The van der Waals surface area contributed by atoms with Gasteiger partial charge in [0.15, 0.2) is 18.1 Å². The molecule has 0 bridgehead atoms. The van der Waals surface area contributed by atoms with Crippen molar-refractivity contribution in [2.24, 2.45) is 0 Å². The molecule has 8 nitrogen and oxygen atoms in total. The first kappa shape index (κ1) is 24.9. The van der Waals surface area contributed by atoms with Gasteiger partial charge in [-0.1, -0.05) is 38.5 Å². The van der Waals surface area contributed by atoms with E-state index in [1.165, 1.54) is 33.1 Å². The van der Waals surface area contributed by atoms with Crippen molar-refractivity contribution in [1.29, 1.82) is 0 Å². The minimum absolute atomic E-state index is 0.117. The Balaban J connectivity index is 1.51. The molecular weight excluding hydrogens is 424 g/mol. The Hall–Kier alpha value is -2.77. The van der Waals surface area contributed by atoms with Crippen molar-refractivity contribution in [3.05, 3.63) is 23.8 Å². The van der Waals surface area contributed by atoms with Gasteiger partial charge in [-0.2, -0.15) is 0 Å². The number of amides is 2. The number of hydrogen-bond acceptors (Lipinski definition) is 6. The number of carbonyl (C=O) groups is 3. The van der Waals surface area contributed by atoms with Crippen LogP contribution in [-0.4, -0.2) is 62.1 Å². The van der Waals surface area contributed by atoms with E-state index in [0.717, 1.165) is 51.4 Å². The molecule has 0 saturated heterocycles. The van der Waals surface area contributed by atoms with E-state index in [0.29, 0.717) is 17.1 Å². The first-order valence-corrected chi connectivity index (χ1v) is 12.0. The highest BCUT2D eigenvalue weighted by Gasteiger charge is 2.32. The second-order valence-electron chi connectivity index (χ2n) is 8.80. The second-order valence-corrected chi connectivity index (χ2v) is 8.80. The zero-order chi connectivity index (χ0) is 23.6. The van der Waals surface area contributed by atoms with Gasteiger partial charge in [0, 0.05) is 17.6 Å². The van der Waals surface area contributed by atoms with Crippen LogP contribution in [0, 0.1) is 0 Å². The number of ether oxygens (including phenoxy) is 3. The highest BCUT2D eigenvalue weighted by Crippen LogP contribution is 2.30.